The van der Waals surface area contributed by atoms with Gasteiger partial charge in [0.15, 0.2) is 0 Å². The lowest BCUT2D eigenvalue weighted by molar-refractivity contribution is 0.432. The molecule has 0 saturated heterocycles. The summed E-state index contributed by atoms with van der Waals surface area (Å²) < 4.78 is 5.37. The smallest absolute Gasteiger partial charge is 0.261 e. The van der Waals surface area contributed by atoms with Crippen molar-refractivity contribution in [2.75, 3.05) is 5.73 Å². The number of thiophene rings is 1. The molecule has 3 heterocycles. The molecule has 2 N–H and O–H groups in total. The maximum atomic E-state index is 6.09. The van der Waals surface area contributed by atoms with E-state index in [9.17, 15) is 0 Å². The van der Waals surface area contributed by atoms with Crippen molar-refractivity contribution < 1.29 is 4.52 Å². The first-order valence-corrected chi connectivity index (χ1v) is 7.15. The predicted octanol–water partition coefficient (Wildman–Crippen LogP) is 2.33. The van der Waals surface area contributed by atoms with Crippen molar-refractivity contribution in [2.24, 2.45) is 0 Å². The highest BCUT2D eigenvalue weighted by Crippen LogP contribution is 2.42. The van der Waals surface area contributed by atoms with E-state index in [0.29, 0.717) is 17.4 Å². The Hall–Kier alpha value is -2.28. The Balaban J connectivity index is 1.80. The molecule has 0 spiro atoms. The van der Waals surface area contributed by atoms with Crippen LogP contribution in [-0.2, 0) is 12.8 Å². The fraction of sp³-hybridized carbons (Fsp3) is 0.231. The molecule has 100 valence electrons. The maximum absolute atomic E-state index is 6.09. The first kappa shape index (κ1) is 11.5. The first-order valence-electron chi connectivity index (χ1n) is 6.33. The molecule has 0 bridgehead atoms. The number of hydrogen-bond donors (Lipinski definition) is 1. The van der Waals surface area contributed by atoms with Gasteiger partial charge in [-0.15, -0.1) is 11.3 Å². The summed E-state index contributed by atoms with van der Waals surface area (Å²) in [6.07, 6.45) is 8.10. The van der Waals surface area contributed by atoms with Crippen molar-refractivity contribution in [3.8, 4) is 23.0 Å². The summed E-state index contributed by atoms with van der Waals surface area (Å²) in [4.78, 5) is 13.9. The van der Waals surface area contributed by atoms with Crippen LogP contribution in [-0.4, -0.2) is 20.1 Å². The van der Waals surface area contributed by atoms with E-state index in [1.54, 1.807) is 29.9 Å². The van der Waals surface area contributed by atoms with Crippen molar-refractivity contribution in [3.05, 3.63) is 29.0 Å². The second-order valence-electron chi connectivity index (χ2n) is 4.61. The average Bonchev–Trinajstić information content (AvgIpc) is 3.15. The van der Waals surface area contributed by atoms with Crippen molar-refractivity contribution >= 4 is 16.3 Å². The lowest BCUT2D eigenvalue weighted by atomic mass is 10.1. The van der Waals surface area contributed by atoms with Gasteiger partial charge >= 0.3 is 0 Å². The molecular formula is C13H11N5OS. The van der Waals surface area contributed by atoms with E-state index in [1.165, 1.54) is 16.9 Å². The number of aryl methyl sites for hydroxylation is 1. The molecule has 1 aliphatic rings. The number of aromatic nitrogens is 4. The molecule has 0 aliphatic heterocycles. The molecule has 20 heavy (non-hydrogen) atoms. The highest BCUT2D eigenvalue weighted by molar-refractivity contribution is 7.16. The Morgan fingerprint density at radius 2 is 2.20 bits per heavy atom. The molecule has 0 amide bonds. The van der Waals surface area contributed by atoms with E-state index in [1.807, 2.05) is 0 Å². The molecule has 1 aliphatic carbocycles. The van der Waals surface area contributed by atoms with Crippen LogP contribution in [0.25, 0.3) is 23.0 Å². The van der Waals surface area contributed by atoms with Gasteiger partial charge in [-0.3, -0.25) is 4.98 Å². The van der Waals surface area contributed by atoms with Gasteiger partial charge < -0.3 is 10.3 Å². The van der Waals surface area contributed by atoms with Gasteiger partial charge in [0, 0.05) is 17.3 Å². The van der Waals surface area contributed by atoms with E-state index in [2.05, 4.69) is 20.1 Å². The summed E-state index contributed by atoms with van der Waals surface area (Å²) >= 11 is 1.63. The molecule has 6 nitrogen and oxygen atoms in total. The van der Waals surface area contributed by atoms with Gasteiger partial charge in [-0.1, -0.05) is 5.16 Å². The van der Waals surface area contributed by atoms with Crippen LogP contribution in [0.15, 0.2) is 23.1 Å². The Kier molecular flexibility index (Phi) is 2.53. The van der Waals surface area contributed by atoms with Crippen LogP contribution in [0, 0.1) is 0 Å². The summed E-state index contributed by atoms with van der Waals surface area (Å²) in [6, 6.07) is 0. The van der Waals surface area contributed by atoms with E-state index in [4.69, 9.17) is 10.3 Å². The number of hydrogen-bond acceptors (Lipinski definition) is 7. The lowest BCUT2D eigenvalue weighted by Crippen LogP contribution is -1.89. The van der Waals surface area contributed by atoms with Crippen LogP contribution < -0.4 is 5.73 Å². The predicted molar refractivity (Wildman–Crippen MR) is 75.1 cm³/mol. The molecule has 0 fully saturated rings. The summed E-state index contributed by atoms with van der Waals surface area (Å²) in [6.45, 7) is 0. The van der Waals surface area contributed by atoms with E-state index < -0.39 is 0 Å². The highest BCUT2D eigenvalue weighted by atomic mass is 32.1. The van der Waals surface area contributed by atoms with Gasteiger partial charge in [0.1, 0.15) is 5.69 Å². The number of fused-ring (bicyclic) bond motifs is 1. The minimum absolute atomic E-state index is 0.436. The van der Waals surface area contributed by atoms with Gasteiger partial charge in [-0.2, -0.15) is 4.98 Å². The zero-order valence-electron chi connectivity index (χ0n) is 10.5. The van der Waals surface area contributed by atoms with Gasteiger partial charge in [0.2, 0.25) is 5.82 Å². The fourth-order valence-electron chi connectivity index (χ4n) is 2.50. The molecule has 3 aromatic rings. The van der Waals surface area contributed by atoms with Gasteiger partial charge in [0.05, 0.1) is 16.8 Å². The second-order valence-corrected chi connectivity index (χ2v) is 5.75. The van der Waals surface area contributed by atoms with Crippen molar-refractivity contribution in [3.63, 3.8) is 0 Å². The number of rotatable bonds is 2. The SMILES string of the molecule is Nc1sc2c(c1-c1nc(-c3cnccn3)no1)CCC2. The monoisotopic (exact) mass is 285 g/mol. The summed E-state index contributed by atoms with van der Waals surface area (Å²) in [5, 5.41) is 4.72. The first-order chi connectivity index (χ1) is 9.83. The third-order valence-electron chi connectivity index (χ3n) is 3.38. The molecule has 4 rings (SSSR count). The van der Waals surface area contributed by atoms with Gasteiger partial charge in [-0.05, 0) is 24.8 Å². The molecular weight excluding hydrogens is 274 g/mol. The lowest BCUT2D eigenvalue weighted by Gasteiger charge is -1.96. The third-order valence-corrected chi connectivity index (χ3v) is 4.50. The quantitative estimate of drug-likeness (QED) is 0.777. The van der Waals surface area contributed by atoms with Crippen molar-refractivity contribution in [1.82, 2.24) is 20.1 Å². The molecule has 0 aromatic carbocycles. The van der Waals surface area contributed by atoms with Crippen molar-refractivity contribution in [2.45, 2.75) is 19.3 Å². The average molecular weight is 285 g/mol. The van der Waals surface area contributed by atoms with Crippen LogP contribution >= 0.6 is 11.3 Å². The van der Waals surface area contributed by atoms with Crippen LogP contribution in [0.5, 0.6) is 0 Å². The normalized spacial score (nSPS) is 13.6. The number of nitrogens with zero attached hydrogens (tertiary/aromatic N) is 4. The standard InChI is InChI=1S/C13H11N5OS/c14-11-10(7-2-1-3-9(7)20-11)13-17-12(18-19-13)8-6-15-4-5-16-8/h4-6H,1-3,14H2. The van der Waals surface area contributed by atoms with Crippen molar-refractivity contribution in [1.29, 1.82) is 0 Å². The third kappa shape index (κ3) is 1.70. The van der Waals surface area contributed by atoms with Gasteiger partial charge in [-0.25, -0.2) is 4.98 Å². The Labute approximate surface area is 118 Å². The van der Waals surface area contributed by atoms with E-state index in [0.717, 1.165) is 23.4 Å². The topological polar surface area (TPSA) is 90.7 Å². The summed E-state index contributed by atoms with van der Waals surface area (Å²) in [7, 11) is 0. The van der Waals surface area contributed by atoms with Crippen LogP contribution in [0.2, 0.25) is 0 Å². The Morgan fingerprint density at radius 1 is 1.25 bits per heavy atom. The fourth-order valence-corrected chi connectivity index (χ4v) is 3.66. The Morgan fingerprint density at radius 3 is 3.05 bits per heavy atom. The summed E-state index contributed by atoms with van der Waals surface area (Å²) in [5.41, 5.74) is 8.86. The molecule has 0 saturated carbocycles. The van der Waals surface area contributed by atoms with Gasteiger partial charge in [0.25, 0.3) is 5.89 Å². The van der Waals surface area contributed by atoms with Crippen LogP contribution in [0.3, 0.4) is 0 Å². The molecule has 0 atom stereocenters. The second kappa shape index (κ2) is 4.38. The van der Waals surface area contributed by atoms with Crippen LogP contribution in [0.1, 0.15) is 16.9 Å². The minimum Gasteiger partial charge on any atom is -0.390 e. The van der Waals surface area contributed by atoms with Crippen LogP contribution in [0.4, 0.5) is 5.00 Å². The molecule has 7 heteroatoms. The Bertz CT molecular complexity index is 764. The zero-order chi connectivity index (χ0) is 13.5. The highest BCUT2D eigenvalue weighted by Gasteiger charge is 2.25. The number of nitrogen functional groups attached to an aromatic ring is 1. The molecule has 0 radical (unpaired) electrons. The largest absolute Gasteiger partial charge is 0.390 e. The number of anilines is 1. The van der Waals surface area contributed by atoms with E-state index >= 15 is 0 Å². The molecule has 3 aromatic heterocycles. The maximum Gasteiger partial charge on any atom is 0.261 e. The molecule has 0 unspecified atom stereocenters. The van der Waals surface area contributed by atoms with E-state index in [-0.39, 0.29) is 0 Å². The number of nitrogens with two attached hydrogens (primary N) is 1. The minimum atomic E-state index is 0.436. The zero-order valence-corrected chi connectivity index (χ0v) is 11.4. The summed E-state index contributed by atoms with van der Waals surface area (Å²) in [5.74, 6) is 0.910.